The highest BCUT2D eigenvalue weighted by atomic mass is 19.1. The molecule has 0 saturated carbocycles. The van der Waals surface area contributed by atoms with Crippen LogP contribution in [0, 0.1) is 26.6 Å². The first-order valence-electron chi connectivity index (χ1n) is 10.0. The summed E-state index contributed by atoms with van der Waals surface area (Å²) in [7, 11) is 0. The minimum Gasteiger partial charge on any atom is -0.332 e. The zero-order valence-electron chi connectivity index (χ0n) is 17.5. The van der Waals surface area contributed by atoms with E-state index in [9.17, 15) is 14.0 Å². The van der Waals surface area contributed by atoms with Crippen LogP contribution in [0.15, 0.2) is 54.2 Å². The number of benzene rings is 2. The van der Waals surface area contributed by atoms with Gasteiger partial charge in [0.25, 0.3) is 5.91 Å². The molecule has 1 aliphatic rings. The molecule has 1 aromatic heterocycles. The molecule has 1 aliphatic heterocycles. The molecule has 1 unspecified atom stereocenters. The number of carbonyl (C=O) groups excluding carboxylic acids is 2. The number of anilines is 1. The number of aryl methyl sites for hydroxylation is 2. The largest absolute Gasteiger partial charge is 0.332 e. The maximum absolute atomic E-state index is 13.3. The highest BCUT2D eigenvalue weighted by Gasteiger charge is 2.29. The van der Waals surface area contributed by atoms with E-state index in [-0.39, 0.29) is 24.1 Å². The van der Waals surface area contributed by atoms with Crippen molar-refractivity contribution in [1.82, 2.24) is 15.5 Å². The van der Waals surface area contributed by atoms with Crippen molar-refractivity contribution in [3.8, 4) is 11.3 Å². The number of H-pyrrole nitrogens is 1. The van der Waals surface area contributed by atoms with Gasteiger partial charge >= 0.3 is 0 Å². The maximum atomic E-state index is 13.3. The topological polar surface area (TPSA) is 86.9 Å². The highest BCUT2D eigenvalue weighted by Crippen LogP contribution is 2.32. The highest BCUT2D eigenvalue weighted by molar-refractivity contribution is 6.07. The molecule has 3 N–H and O–H groups in total. The van der Waals surface area contributed by atoms with Crippen LogP contribution in [0.25, 0.3) is 11.3 Å². The van der Waals surface area contributed by atoms with Gasteiger partial charge in [-0.1, -0.05) is 24.3 Å². The Balaban J connectivity index is 1.63. The first-order valence-corrected chi connectivity index (χ1v) is 10.0. The van der Waals surface area contributed by atoms with Gasteiger partial charge in [-0.2, -0.15) is 5.10 Å². The number of aromatic amines is 1. The van der Waals surface area contributed by atoms with Gasteiger partial charge in [-0.25, -0.2) is 4.39 Å². The summed E-state index contributed by atoms with van der Waals surface area (Å²) in [4.78, 5) is 25.1. The third-order valence-corrected chi connectivity index (χ3v) is 5.70. The van der Waals surface area contributed by atoms with E-state index < -0.39 is 5.92 Å². The quantitative estimate of drug-likeness (QED) is 0.591. The van der Waals surface area contributed by atoms with Crippen LogP contribution in [0.2, 0.25) is 0 Å². The number of halogens is 1. The van der Waals surface area contributed by atoms with E-state index in [4.69, 9.17) is 0 Å². The third kappa shape index (κ3) is 4.12. The lowest BCUT2D eigenvalue weighted by Gasteiger charge is -2.24. The second-order valence-electron chi connectivity index (χ2n) is 7.78. The molecule has 0 bridgehead atoms. The molecule has 158 valence electrons. The summed E-state index contributed by atoms with van der Waals surface area (Å²) in [6.45, 7) is 5.87. The van der Waals surface area contributed by atoms with Crippen LogP contribution >= 0.6 is 0 Å². The van der Waals surface area contributed by atoms with E-state index in [2.05, 4.69) is 20.8 Å². The van der Waals surface area contributed by atoms with Gasteiger partial charge in [-0.15, -0.1) is 0 Å². The second kappa shape index (κ2) is 8.18. The van der Waals surface area contributed by atoms with Gasteiger partial charge in [0.05, 0.1) is 5.69 Å². The van der Waals surface area contributed by atoms with Gasteiger partial charge in [0, 0.05) is 41.1 Å². The molecule has 3 aromatic rings. The van der Waals surface area contributed by atoms with Gasteiger partial charge in [-0.3, -0.25) is 14.7 Å². The van der Waals surface area contributed by atoms with Crippen LogP contribution < -0.4 is 10.6 Å². The molecule has 1 atom stereocenters. The van der Waals surface area contributed by atoms with Gasteiger partial charge in [0.15, 0.2) is 0 Å². The van der Waals surface area contributed by atoms with E-state index in [1.807, 2.05) is 39.0 Å². The Morgan fingerprint density at radius 1 is 1.13 bits per heavy atom. The minimum atomic E-state index is -0.450. The number of carbonyl (C=O) groups is 2. The predicted molar refractivity (Wildman–Crippen MR) is 117 cm³/mol. The number of hydrogen-bond donors (Lipinski definition) is 3. The zero-order valence-corrected chi connectivity index (χ0v) is 17.5. The Morgan fingerprint density at radius 3 is 2.55 bits per heavy atom. The number of amides is 2. The van der Waals surface area contributed by atoms with Crippen LogP contribution in [-0.4, -0.2) is 22.0 Å². The van der Waals surface area contributed by atoms with Gasteiger partial charge in [0.2, 0.25) is 5.91 Å². The van der Waals surface area contributed by atoms with Crippen molar-refractivity contribution >= 4 is 17.5 Å². The van der Waals surface area contributed by atoms with Crippen molar-refractivity contribution in [3.05, 3.63) is 82.4 Å². The van der Waals surface area contributed by atoms with Crippen LogP contribution in [0.3, 0.4) is 0 Å². The summed E-state index contributed by atoms with van der Waals surface area (Å²) in [6.07, 6.45) is 1.56. The molecule has 0 aliphatic carbocycles. The third-order valence-electron chi connectivity index (χ3n) is 5.70. The maximum Gasteiger partial charge on any atom is 0.253 e. The van der Waals surface area contributed by atoms with Crippen LogP contribution in [0.4, 0.5) is 10.1 Å². The van der Waals surface area contributed by atoms with Crippen molar-refractivity contribution in [3.63, 3.8) is 0 Å². The monoisotopic (exact) mass is 418 g/mol. The standard InChI is InChI=1S/C24H23FN4O2/c1-13-4-5-17(23-14(2)15(3)28-29-23)10-21(13)27-24(31)20-12-26-22(30)11-19(20)16-6-8-18(25)9-7-16/h4-10,12,19H,11H2,1-3H3,(H,26,30)(H,27,31)(H,28,29). The molecule has 31 heavy (non-hydrogen) atoms. The number of aromatic nitrogens is 2. The average molecular weight is 418 g/mol. The van der Waals surface area contributed by atoms with Crippen molar-refractivity contribution in [2.24, 2.45) is 0 Å². The number of rotatable bonds is 4. The van der Waals surface area contributed by atoms with Gasteiger partial charge < -0.3 is 10.6 Å². The summed E-state index contributed by atoms with van der Waals surface area (Å²) in [5.74, 6) is -1.32. The minimum absolute atomic E-state index is 0.121. The Bertz CT molecular complexity index is 1190. The van der Waals surface area contributed by atoms with Gasteiger partial charge in [-0.05, 0) is 55.7 Å². The first-order chi connectivity index (χ1) is 14.8. The normalized spacial score (nSPS) is 15.9. The van der Waals surface area contributed by atoms with Crippen LogP contribution in [0.5, 0.6) is 0 Å². The molecule has 0 saturated heterocycles. The molecule has 6 nitrogen and oxygen atoms in total. The predicted octanol–water partition coefficient (Wildman–Crippen LogP) is 4.27. The average Bonchev–Trinajstić information content (AvgIpc) is 3.08. The van der Waals surface area contributed by atoms with Crippen molar-refractivity contribution in [1.29, 1.82) is 0 Å². The molecule has 4 rings (SSSR count). The SMILES string of the molecule is Cc1ccc(-c2n[nH]c(C)c2C)cc1NC(=O)C1=CNC(=O)CC1c1ccc(F)cc1. The van der Waals surface area contributed by atoms with Crippen molar-refractivity contribution in [2.75, 3.05) is 5.32 Å². The molecular formula is C24H23FN4O2. The number of nitrogens with one attached hydrogen (secondary N) is 3. The van der Waals surface area contributed by atoms with Crippen molar-refractivity contribution in [2.45, 2.75) is 33.1 Å². The molecule has 2 heterocycles. The summed E-state index contributed by atoms with van der Waals surface area (Å²) in [6, 6.07) is 11.7. The van der Waals surface area contributed by atoms with E-state index >= 15 is 0 Å². The fraction of sp³-hybridized carbons (Fsp3) is 0.208. The van der Waals surface area contributed by atoms with E-state index in [0.717, 1.165) is 28.1 Å². The van der Waals surface area contributed by atoms with Crippen molar-refractivity contribution < 1.29 is 14.0 Å². The molecule has 7 heteroatoms. The number of nitrogens with zero attached hydrogens (tertiary/aromatic N) is 1. The molecule has 0 fully saturated rings. The lowest BCUT2D eigenvalue weighted by molar-refractivity contribution is -0.121. The van der Waals surface area contributed by atoms with Crippen LogP contribution in [0.1, 0.15) is 34.7 Å². The molecule has 2 aromatic carbocycles. The van der Waals surface area contributed by atoms with E-state index in [0.29, 0.717) is 16.8 Å². The second-order valence-corrected chi connectivity index (χ2v) is 7.78. The van der Waals surface area contributed by atoms with E-state index in [1.165, 1.54) is 18.3 Å². The summed E-state index contributed by atoms with van der Waals surface area (Å²) >= 11 is 0. The number of hydrogen-bond acceptors (Lipinski definition) is 3. The van der Waals surface area contributed by atoms with Gasteiger partial charge in [0.1, 0.15) is 5.82 Å². The fourth-order valence-electron chi connectivity index (χ4n) is 3.69. The Kier molecular flexibility index (Phi) is 5.42. The molecular weight excluding hydrogens is 395 g/mol. The fourth-order valence-corrected chi connectivity index (χ4v) is 3.69. The summed E-state index contributed by atoms with van der Waals surface area (Å²) in [5, 5.41) is 12.9. The lowest BCUT2D eigenvalue weighted by atomic mass is 9.86. The lowest BCUT2D eigenvalue weighted by Crippen LogP contribution is -2.32. The molecule has 0 radical (unpaired) electrons. The molecule has 2 amide bonds. The summed E-state index contributed by atoms with van der Waals surface area (Å²) in [5.41, 5.74) is 6.47. The van der Waals surface area contributed by atoms with Crippen LogP contribution in [-0.2, 0) is 9.59 Å². The molecule has 0 spiro atoms. The summed E-state index contributed by atoms with van der Waals surface area (Å²) < 4.78 is 13.3. The smallest absolute Gasteiger partial charge is 0.253 e. The first kappa shape index (κ1) is 20.5. The Morgan fingerprint density at radius 2 is 1.87 bits per heavy atom. The Hall–Kier alpha value is -3.74. The van der Waals surface area contributed by atoms with E-state index in [1.54, 1.807) is 12.1 Å². The zero-order chi connectivity index (χ0) is 22.1. The Labute approximate surface area is 179 Å².